The van der Waals surface area contributed by atoms with E-state index in [9.17, 15) is 19.8 Å². The van der Waals surface area contributed by atoms with Gasteiger partial charge in [0, 0.05) is 50.5 Å². The number of rotatable bonds is 23. The highest BCUT2D eigenvalue weighted by atomic mass is 16.8. The zero-order valence-corrected chi connectivity index (χ0v) is 37.6. The molecule has 63 heavy (non-hydrogen) atoms. The molecule has 7 rings (SSSR count). The minimum atomic E-state index is -1.32. The number of ether oxygens (including phenoxy) is 5. The quantitative estimate of drug-likeness (QED) is 0.0479. The van der Waals surface area contributed by atoms with Crippen molar-refractivity contribution in [3.63, 3.8) is 0 Å². The number of amides is 1. The van der Waals surface area contributed by atoms with Crippen LogP contribution in [0.1, 0.15) is 138 Å². The smallest absolute Gasteiger partial charge is 0.239 e. The first-order chi connectivity index (χ1) is 30.9. The summed E-state index contributed by atoms with van der Waals surface area (Å²) in [6.07, 6.45) is 19.0. The minimum absolute atomic E-state index is 0.0662. The number of hydrogen-bond donors (Lipinski definition) is 2. The Kier molecular flexibility index (Phi) is 16.8. The predicted octanol–water partition coefficient (Wildman–Crippen LogP) is 9.67. The van der Waals surface area contributed by atoms with Crippen molar-refractivity contribution >= 4 is 17.9 Å². The molecule has 344 valence electrons. The number of methoxy groups -OCH3 is 1. The third kappa shape index (κ3) is 10.7. The van der Waals surface area contributed by atoms with Gasteiger partial charge in [0.05, 0.1) is 37.5 Å². The van der Waals surface area contributed by atoms with Gasteiger partial charge < -0.3 is 43.6 Å². The predicted molar refractivity (Wildman–Crippen MR) is 241 cm³/mol. The molecule has 2 heterocycles. The van der Waals surface area contributed by atoms with Crippen LogP contribution in [0.4, 0.5) is 0 Å². The molecule has 12 heteroatoms. The molecule has 2 aromatic rings. The number of carbonyl (C=O) groups excluding carboxylic acids is 2. The standard InChI is InChI=1S/C51H70N2O10/c1-4-25-53(47(57)24-19-35-14-6-7-15-35)46-33-43(52-63-48-18-10-13-29-59-48)41-31-36(16-8-11-26-54)40(17-9-12-27-55)49-42-32-39(61-38-20-22-44(58-3)37(30-38)34-56)21-23-45(42)62-51(46,50(41)49)60-28-5-2/h5,20-23,30-32,34-36,40,46,48-50,54-55H,2,4,6-19,24-29,33H2,1,3H3/t36-,40+,46-,48?,49+,50+,51+/m0/s1. The van der Waals surface area contributed by atoms with E-state index in [0.29, 0.717) is 73.3 Å². The number of aldehydes is 1. The van der Waals surface area contributed by atoms with E-state index in [2.05, 4.69) is 25.6 Å². The molecular weight excluding hydrogens is 801 g/mol. The van der Waals surface area contributed by atoms with Crippen LogP contribution in [-0.4, -0.2) is 91.2 Å². The van der Waals surface area contributed by atoms with Gasteiger partial charge in [-0.3, -0.25) is 9.59 Å². The Morgan fingerprint density at radius 2 is 1.75 bits per heavy atom. The molecule has 3 aliphatic carbocycles. The average molecular weight is 871 g/mol. The lowest BCUT2D eigenvalue weighted by atomic mass is 9.55. The highest BCUT2D eigenvalue weighted by molar-refractivity contribution is 6.03. The fourth-order valence-corrected chi connectivity index (χ4v) is 11.1. The van der Waals surface area contributed by atoms with Crippen molar-refractivity contribution in [2.75, 3.05) is 40.1 Å². The number of oxime groups is 1. The summed E-state index contributed by atoms with van der Waals surface area (Å²) < 4.78 is 32.5. The molecule has 0 bridgehead atoms. The molecule has 2 aromatic carbocycles. The number of unbranched alkanes of at least 4 members (excludes halogenated alkanes) is 2. The maximum atomic E-state index is 14.8. The van der Waals surface area contributed by atoms with E-state index in [1.807, 2.05) is 17.0 Å². The van der Waals surface area contributed by atoms with Gasteiger partial charge >= 0.3 is 0 Å². The highest BCUT2D eigenvalue weighted by Gasteiger charge is 2.65. The number of allylic oxidation sites excluding steroid dienone is 1. The molecule has 0 spiro atoms. The Labute approximate surface area is 374 Å². The molecule has 1 saturated heterocycles. The number of nitrogens with zero attached hydrogens (tertiary/aromatic N) is 2. The second kappa shape index (κ2) is 22.6. The van der Waals surface area contributed by atoms with Crippen molar-refractivity contribution in [1.82, 2.24) is 4.90 Å². The highest BCUT2D eigenvalue weighted by Crippen LogP contribution is 2.62. The Hall–Kier alpha value is -4.23. The zero-order valence-electron chi connectivity index (χ0n) is 37.6. The van der Waals surface area contributed by atoms with Crippen LogP contribution in [0.25, 0.3) is 0 Å². The molecule has 2 aliphatic heterocycles. The van der Waals surface area contributed by atoms with Crippen molar-refractivity contribution < 1.29 is 48.3 Å². The molecule has 7 atom stereocenters. The molecule has 12 nitrogen and oxygen atoms in total. The molecule has 1 amide bonds. The second-order valence-electron chi connectivity index (χ2n) is 18.1. The Morgan fingerprint density at radius 1 is 0.984 bits per heavy atom. The topological polar surface area (TPSA) is 146 Å². The summed E-state index contributed by atoms with van der Waals surface area (Å²) in [5.41, 5.74) is 3.10. The lowest BCUT2D eigenvalue weighted by Crippen LogP contribution is -2.70. The summed E-state index contributed by atoms with van der Waals surface area (Å²) in [6, 6.07) is 10.5. The maximum absolute atomic E-state index is 14.8. The number of aliphatic hydroxyl groups is 2. The van der Waals surface area contributed by atoms with Crippen LogP contribution in [0.2, 0.25) is 0 Å². The van der Waals surface area contributed by atoms with E-state index in [1.165, 1.54) is 32.8 Å². The van der Waals surface area contributed by atoms with Gasteiger partial charge in [-0.1, -0.05) is 62.8 Å². The number of aliphatic hydroxyl groups excluding tert-OH is 2. The van der Waals surface area contributed by atoms with Gasteiger partial charge in [-0.05, 0) is 111 Å². The van der Waals surface area contributed by atoms with Gasteiger partial charge in [-0.2, -0.15) is 0 Å². The Balaban J connectivity index is 1.40. The Bertz CT molecular complexity index is 1900. The van der Waals surface area contributed by atoms with Crippen molar-refractivity contribution in [2.24, 2.45) is 28.8 Å². The molecule has 3 fully saturated rings. The summed E-state index contributed by atoms with van der Waals surface area (Å²) >= 11 is 0. The SMILES string of the molecule is C=CCO[C@@]12Oc3ccc(Oc4ccc(OC)c(C=O)c4)cc3[C@H]3[C@H](CCCCO)[C@@H](CCCCO)C=C(C(=NOC4CCCCO4)C[C@@H]1N(CCC)C(=O)CCC1CCCC1)[C@H]32. The van der Waals surface area contributed by atoms with E-state index in [0.717, 1.165) is 80.9 Å². The van der Waals surface area contributed by atoms with Gasteiger partial charge in [0.15, 0.2) is 6.29 Å². The first-order valence-corrected chi connectivity index (χ1v) is 23.8. The van der Waals surface area contributed by atoms with Crippen LogP contribution in [0.3, 0.4) is 0 Å². The van der Waals surface area contributed by atoms with Crippen LogP contribution in [0.5, 0.6) is 23.0 Å². The van der Waals surface area contributed by atoms with E-state index in [-0.39, 0.29) is 43.5 Å². The number of hydrogen-bond acceptors (Lipinski definition) is 11. The Morgan fingerprint density at radius 3 is 2.46 bits per heavy atom. The van der Waals surface area contributed by atoms with Crippen LogP contribution < -0.4 is 14.2 Å². The third-order valence-electron chi connectivity index (χ3n) is 14.0. The van der Waals surface area contributed by atoms with Crippen LogP contribution in [-0.2, 0) is 19.1 Å². The summed E-state index contributed by atoms with van der Waals surface area (Å²) in [5.74, 6) is 1.06. The lowest BCUT2D eigenvalue weighted by Gasteiger charge is -2.60. The van der Waals surface area contributed by atoms with Gasteiger partial charge in [0.2, 0.25) is 18.0 Å². The van der Waals surface area contributed by atoms with E-state index in [4.69, 9.17) is 33.7 Å². The van der Waals surface area contributed by atoms with Crippen LogP contribution in [0, 0.1) is 23.7 Å². The van der Waals surface area contributed by atoms with Gasteiger partial charge in [-0.25, -0.2) is 0 Å². The third-order valence-corrected chi connectivity index (χ3v) is 14.0. The molecular formula is C51H70N2O10. The number of carbonyl (C=O) groups is 2. The molecule has 2 saturated carbocycles. The molecule has 0 aromatic heterocycles. The van der Waals surface area contributed by atoms with E-state index >= 15 is 0 Å². The van der Waals surface area contributed by atoms with Crippen molar-refractivity contribution in [1.29, 1.82) is 0 Å². The van der Waals surface area contributed by atoms with Gasteiger partial charge in [0.25, 0.3) is 0 Å². The second-order valence-corrected chi connectivity index (χ2v) is 18.1. The molecule has 0 radical (unpaired) electrons. The summed E-state index contributed by atoms with van der Waals surface area (Å²) in [5, 5.41) is 25.0. The zero-order chi connectivity index (χ0) is 44.2. The fourth-order valence-electron chi connectivity index (χ4n) is 11.1. The maximum Gasteiger partial charge on any atom is 0.239 e. The molecule has 1 unspecified atom stereocenters. The van der Waals surface area contributed by atoms with Gasteiger partial charge in [0.1, 0.15) is 29.0 Å². The average Bonchev–Trinajstić information content (AvgIpc) is 3.84. The summed E-state index contributed by atoms with van der Waals surface area (Å²) in [6.45, 7) is 7.74. The first-order valence-electron chi connectivity index (χ1n) is 23.8. The molecule has 5 aliphatic rings. The number of benzene rings is 2. The monoisotopic (exact) mass is 871 g/mol. The van der Waals surface area contributed by atoms with Crippen LogP contribution in [0.15, 0.2) is 65.9 Å². The van der Waals surface area contributed by atoms with Crippen molar-refractivity contribution in [3.8, 4) is 23.0 Å². The molecule has 2 N–H and O–H groups in total. The van der Waals surface area contributed by atoms with Gasteiger partial charge in [-0.15, -0.1) is 6.58 Å². The van der Waals surface area contributed by atoms with E-state index < -0.39 is 24.0 Å². The largest absolute Gasteiger partial charge is 0.496 e. The van der Waals surface area contributed by atoms with E-state index in [1.54, 1.807) is 24.3 Å². The lowest BCUT2D eigenvalue weighted by molar-refractivity contribution is -0.257. The minimum Gasteiger partial charge on any atom is -0.496 e. The van der Waals surface area contributed by atoms with Crippen LogP contribution >= 0.6 is 0 Å². The van der Waals surface area contributed by atoms with Crippen molar-refractivity contribution in [2.45, 2.75) is 140 Å². The summed E-state index contributed by atoms with van der Waals surface area (Å²) in [4.78, 5) is 35.1. The first kappa shape index (κ1) is 46.8. The number of fused-ring (bicyclic) bond motifs is 2. The summed E-state index contributed by atoms with van der Waals surface area (Å²) in [7, 11) is 1.53. The fraction of sp³-hybridized carbons (Fsp3) is 0.627. The normalized spacial score (nSPS) is 27.1. The van der Waals surface area contributed by atoms with Crippen molar-refractivity contribution in [3.05, 3.63) is 71.8 Å².